The second-order valence-electron chi connectivity index (χ2n) is 15.6. The quantitative estimate of drug-likeness (QED) is 0.0216. The van der Waals surface area contributed by atoms with Crippen LogP contribution >= 0.6 is 0 Å². The summed E-state index contributed by atoms with van der Waals surface area (Å²) in [6, 6.07) is 0. The van der Waals surface area contributed by atoms with Crippen molar-refractivity contribution in [2.45, 2.75) is 180 Å². The number of aliphatic carboxylic acids is 1. The molecule has 0 saturated heterocycles. The van der Waals surface area contributed by atoms with Gasteiger partial charge in [0.05, 0.1) is 34.4 Å². The lowest BCUT2D eigenvalue weighted by Gasteiger charge is -2.25. The van der Waals surface area contributed by atoms with Gasteiger partial charge in [-0.1, -0.05) is 133 Å². The molecule has 0 aliphatic rings. The van der Waals surface area contributed by atoms with E-state index in [1.807, 2.05) is 21.1 Å². The van der Waals surface area contributed by atoms with Crippen molar-refractivity contribution in [3.63, 3.8) is 0 Å². The molecule has 0 aliphatic heterocycles. The molecule has 9 heteroatoms. The van der Waals surface area contributed by atoms with E-state index in [1.54, 1.807) is 0 Å². The summed E-state index contributed by atoms with van der Waals surface area (Å²) in [5, 5.41) is 9.62. The number of hydrogen-bond acceptors (Lipinski definition) is 7. The number of carboxylic acid groups (broad SMARTS) is 1. The number of hydrogen-bond donors (Lipinski definition) is 1. The average molecular weight is 777 g/mol. The Labute approximate surface area is 336 Å². The minimum atomic E-state index is -1.52. The van der Waals surface area contributed by atoms with E-state index in [1.165, 1.54) is 44.9 Å². The van der Waals surface area contributed by atoms with Gasteiger partial charge in [0.2, 0.25) is 0 Å². The number of ether oxygens (including phenoxy) is 4. The molecule has 0 rings (SSSR count). The van der Waals surface area contributed by atoms with Crippen LogP contribution in [0.3, 0.4) is 0 Å². The average Bonchev–Trinajstić information content (AvgIpc) is 3.14. The van der Waals surface area contributed by atoms with Crippen molar-refractivity contribution in [2.75, 3.05) is 47.5 Å². The zero-order valence-electron chi connectivity index (χ0n) is 35.8. The van der Waals surface area contributed by atoms with Gasteiger partial charge in [-0.05, 0) is 70.6 Å². The lowest BCUT2D eigenvalue weighted by Crippen LogP contribution is -2.40. The van der Waals surface area contributed by atoms with Crippen molar-refractivity contribution in [3.05, 3.63) is 48.6 Å². The highest BCUT2D eigenvalue weighted by Gasteiger charge is 2.25. The number of carbonyl (C=O) groups is 3. The lowest BCUT2D eigenvalue weighted by atomic mass is 10.1. The summed E-state index contributed by atoms with van der Waals surface area (Å²) in [5.41, 5.74) is 0. The molecule has 0 aromatic rings. The summed E-state index contributed by atoms with van der Waals surface area (Å²) in [7, 11) is 5.94. The Morgan fingerprint density at radius 3 is 1.49 bits per heavy atom. The smallest absolute Gasteiger partial charge is 0.361 e. The van der Waals surface area contributed by atoms with E-state index in [0.717, 1.165) is 89.9 Å². The molecule has 0 aliphatic carbocycles. The summed E-state index contributed by atoms with van der Waals surface area (Å²) >= 11 is 0. The van der Waals surface area contributed by atoms with Gasteiger partial charge in [0.25, 0.3) is 6.29 Å². The fourth-order valence-corrected chi connectivity index (χ4v) is 5.59. The van der Waals surface area contributed by atoms with Gasteiger partial charge in [-0.3, -0.25) is 9.59 Å². The van der Waals surface area contributed by atoms with E-state index in [0.29, 0.717) is 17.4 Å². The van der Waals surface area contributed by atoms with Crippen LogP contribution in [0, 0.1) is 0 Å². The molecule has 2 atom stereocenters. The first-order chi connectivity index (χ1) is 26.6. The van der Waals surface area contributed by atoms with E-state index >= 15 is 0 Å². The molecular formula is C46H82NO8+. The maximum Gasteiger partial charge on any atom is 0.361 e. The normalized spacial score (nSPS) is 13.4. The molecule has 0 spiro atoms. The number of quaternary nitrogens is 1. The van der Waals surface area contributed by atoms with Crippen LogP contribution in [0.25, 0.3) is 0 Å². The van der Waals surface area contributed by atoms with Crippen LogP contribution in [0.4, 0.5) is 0 Å². The molecule has 0 fully saturated rings. The van der Waals surface area contributed by atoms with Gasteiger partial charge < -0.3 is 28.5 Å². The molecule has 318 valence electrons. The van der Waals surface area contributed by atoms with Gasteiger partial charge in [0, 0.05) is 12.8 Å². The second kappa shape index (κ2) is 38.1. The molecule has 0 saturated carbocycles. The number of esters is 2. The SMILES string of the molecule is CCCC/C=C\C/C=C\CCCCCCCC(=O)OCC(COC(OCC[N+](C)(C)C)C(=O)O)OC(=O)CCCCCCC/C=C\C/C=C\CCCCCC. The van der Waals surface area contributed by atoms with Crippen LogP contribution in [-0.4, -0.2) is 87.4 Å². The first kappa shape index (κ1) is 52.2. The second-order valence-corrected chi connectivity index (χ2v) is 15.6. The predicted octanol–water partition coefficient (Wildman–Crippen LogP) is 11.2. The van der Waals surface area contributed by atoms with Crippen LogP contribution in [-0.2, 0) is 33.3 Å². The van der Waals surface area contributed by atoms with Gasteiger partial charge in [0.15, 0.2) is 6.10 Å². The zero-order valence-corrected chi connectivity index (χ0v) is 35.8. The largest absolute Gasteiger partial charge is 0.477 e. The van der Waals surface area contributed by atoms with Crippen molar-refractivity contribution in [1.29, 1.82) is 0 Å². The highest BCUT2D eigenvalue weighted by molar-refractivity contribution is 5.71. The summed E-state index contributed by atoms with van der Waals surface area (Å²) in [5.74, 6) is -2.05. The maximum absolute atomic E-state index is 12.7. The fraction of sp³-hybridized carbons (Fsp3) is 0.761. The summed E-state index contributed by atoms with van der Waals surface area (Å²) in [4.78, 5) is 37.0. The predicted molar refractivity (Wildman–Crippen MR) is 226 cm³/mol. The summed E-state index contributed by atoms with van der Waals surface area (Å²) < 4.78 is 22.7. The van der Waals surface area contributed by atoms with E-state index < -0.39 is 24.3 Å². The monoisotopic (exact) mass is 777 g/mol. The third-order valence-corrected chi connectivity index (χ3v) is 9.06. The Morgan fingerprint density at radius 1 is 0.545 bits per heavy atom. The molecule has 55 heavy (non-hydrogen) atoms. The number of carbonyl (C=O) groups excluding carboxylic acids is 2. The molecule has 0 bridgehead atoms. The zero-order chi connectivity index (χ0) is 40.7. The minimum absolute atomic E-state index is 0.181. The molecule has 0 aromatic heterocycles. The molecule has 0 amide bonds. The molecule has 0 aromatic carbocycles. The van der Waals surface area contributed by atoms with Crippen molar-refractivity contribution >= 4 is 17.9 Å². The number of allylic oxidation sites excluding steroid dienone is 8. The molecule has 0 heterocycles. The van der Waals surface area contributed by atoms with E-state index in [9.17, 15) is 19.5 Å². The van der Waals surface area contributed by atoms with Crippen LogP contribution < -0.4 is 0 Å². The third-order valence-electron chi connectivity index (χ3n) is 9.06. The Hall–Kier alpha value is -2.75. The molecule has 0 radical (unpaired) electrons. The summed E-state index contributed by atoms with van der Waals surface area (Å²) in [6.07, 6.45) is 40.2. The fourth-order valence-electron chi connectivity index (χ4n) is 5.59. The first-order valence-electron chi connectivity index (χ1n) is 21.8. The number of likely N-dealkylation sites (N-methyl/N-ethyl adjacent to an activating group) is 1. The van der Waals surface area contributed by atoms with Gasteiger partial charge in [-0.15, -0.1) is 0 Å². The van der Waals surface area contributed by atoms with Crippen LogP contribution in [0.2, 0.25) is 0 Å². The molecular weight excluding hydrogens is 695 g/mol. The van der Waals surface area contributed by atoms with Gasteiger partial charge in [-0.2, -0.15) is 0 Å². The van der Waals surface area contributed by atoms with Crippen LogP contribution in [0.15, 0.2) is 48.6 Å². The number of rotatable bonds is 39. The topological polar surface area (TPSA) is 108 Å². The van der Waals surface area contributed by atoms with Crippen LogP contribution in [0.1, 0.15) is 168 Å². The minimum Gasteiger partial charge on any atom is -0.477 e. The molecule has 2 unspecified atom stereocenters. The maximum atomic E-state index is 12.7. The van der Waals surface area contributed by atoms with E-state index in [2.05, 4.69) is 62.5 Å². The standard InChI is InChI=1S/C46H81NO8/c1-6-8-10-12-14-16-18-20-22-23-25-27-29-31-33-35-37-44(49)55-42(41-54-46(45(50)51)52-39-38-47(3,4)5)40-53-43(48)36-34-32-30-28-26-24-21-19-17-15-13-11-9-7-2/h13,15-16,18-19,21-23,42,46H,6-12,14,17,20,24-41H2,1-5H3/p+1/b15-13-,18-16-,21-19-,23-22-. The van der Waals surface area contributed by atoms with Crippen molar-refractivity contribution in [2.24, 2.45) is 0 Å². The third kappa shape index (κ3) is 39.3. The Morgan fingerprint density at radius 2 is 1.00 bits per heavy atom. The number of unbranched alkanes of at least 4 members (excludes halogenated alkanes) is 16. The molecule has 9 nitrogen and oxygen atoms in total. The van der Waals surface area contributed by atoms with Crippen molar-refractivity contribution in [1.82, 2.24) is 0 Å². The number of nitrogens with zero attached hydrogens (tertiary/aromatic N) is 1. The Bertz CT molecular complexity index is 1050. The van der Waals surface area contributed by atoms with Crippen molar-refractivity contribution < 1.29 is 42.9 Å². The Balaban J connectivity index is 4.52. The first-order valence-corrected chi connectivity index (χ1v) is 21.8. The van der Waals surface area contributed by atoms with E-state index in [4.69, 9.17) is 18.9 Å². The highest BCUT2D eigenvalue weighted by Crippen LogP contribution is 2.12. The van der Waals surface area contributed by atoms with Crippen LogP contribution in [0.5, 0.6) is 0 Å². The number of carboxylic acids is 1. The van der Waals surface area contributed by atoms with E-state index in [-0.39, 0.29) is 38.6 Å². The van der Waals surface area contributed by atoms with Gasteiger partial charge in [-0.25, -0.2) is 4.79 Å². The highest BCUT2D eigenvalue weighted by atomic mass is 16.7. The van der Waals surface area contributed by atoms with Gasteiger partial charge in [0.1, 0.15) is 13.2 Å². The Kier molecular flexibility index (Phi) is 36.2. The van der Waals surface area contributed by atoms with Gasteiger partial charge >= 0.3 is 17.9 Å². The molecule has 1 N–H and O–H groups in total. The van der Waals surface area contributed by atoms with Crippen molar-refractivity contribution in [3.8, 4) is 0 Å². The lowest BCUT2D eigenvalue weighted by molar-refractivity contribution is -0.870. The summed E-state index contributed by atoms with van der Waals surface area (Å²) in [6.45, 7) is 4.76.